The molecular weight excluding hydrogens is 569 g/mol. The Balaban J connectivity index is 1.17. The standard InChI is InChI=1S/C41H26N2OS/c1-2-9-27(10-3-1)30-12-8-13-32(25-30)43(33-22-23-36-35-15-6-7-16-38(35)45-39(36)26-33)31-20-17-29(18-21-31)41-42-40-34-14-5-4-11-28(34)19-24-37(40)44-41/h1-26H. The van der Waals surface area contributed by atoms with Crippen molar-refractivity contribution >= 4 is 70.4 Å². The van der Waals surface area contributed by atoms with Gasteiger partial charge < -0.3 is 9.32 Å². The van der Waals surface area contributed by atoms with E-state index < -0.39 is 0 Å². The molecule has 9 rings (SSSR count). The minimum atomic E-state index is 0.622. The zero-order chi connectivity index (χ0) is 29.7. The number of rotatable bonds is 5. The van der Waals surface area contributed by atoms with E-state index in [9.17, 15) is 0 Å². The van der Waals surface area contributed by atoms with Gasteiger partial charge in [0.2, 0.25) is 5.89 Å². The second-order valence-electron chi connectivity index (χ2n) is 11.2. The highest BCUT2D eigenvalue weighted by Gasteiger charge is 2.17. The summed E-state index contributed by atoms with van der Waals surface area (Å²) in [4.78, 5) is 7.26. The van der Waals surface area contributed by atoms with Crippen LogP contribution in [0.5, 0.6) is 0 Å². The SMILES string of the molecule is c1ccc(-c2cccc(N(c3ccc(-c4nc5c(ccc6ccccc65)o4)cc3)c3ccc4c(c3)sc3ccccc34)c2)cc1. The smallest absolute Gasteiger partial charge is 0.227 e. The normalized spacial score (nSPS) is 11.6. The van der Waals surface area contributed by atoms with E-state index in [4.69, 9.17) is 9.40 Å². The summed E-state index contributed by atoms with van der Waals surface area (Å²) in [5, 5.41) is 4.85. The van der Waals surface area contributed by atoms with Crippen LogP contribution in [0.15, 0.2) is 162 Å². The third-order valence-electron chi connectivity index (χ3n) is 8.49. The quantitative estimate of drug-likeness (QED) is 0.198. The maximum Gasteiger partial charge on any atom is 0.227 e. The molecule has 0 aliphatic carbocycles. The Bertz CT molecular complexity index is 2490. The van der Waals surface area contributed by atoms with Gasteiger partial charge in [0.1, 0.15) is 5.52 Å². The van der Waals surface area contributed by atoms with E-state index in [1.807, 2.05) is 29.5 Å². The largest absolute Gasteiger partial charge is 0.436 e. The fraction of sp³-hybridized carbons (Fsp3) is 0. The molecule has 0 fully saturated rings. The number of nitrogens with zero attached hydrogens (tertiary/aromatic N) is 2. The number of aromatic nitrogens is 1. The number of hydrogen-bond donors (Lipinski definition) is 0. The zero-order valence-corrected chi connectivity index (χ0v) is 25.0. The van der Waals surface area contributed by atoms with Crippen molar-refractivity contribution in [2.24, 2.45) is 0 Å². The second kappa shape index (κ2) is 10.5. The lowest BCUT2D eigenvalue weighted by atomic mass is 10.0. The maximum atomic E-state index is 6.25. The van der Waals surface area contributed by atoms with Gasteiger partial charge in [-0.1, -0.05) is 97.1 Å². The van der Waals surface area contributed by atoms with Gasteiger partial charge >= 0.3 is 0 Å². The van der Waals surface area contributed by atoms with Crippen molar-refractivity contribution < 1.29 is 4.42 Å². The van der Waals surface area contributed by atoms with Gasteiger partial charge in [-0.3, -0.25) is 0 Å². The predicted octanol–water partition coefficient (Wildman–Crippen LogP) is 12.2. The molecule has 2 aromatic heterocycles. The molecule has 0 N–H and O–H groups in total. The molecule has 2 heterocycles. The van der Waals surface area contributed by atoms with Crippen LogP contribution in [0.2, 0.25) is 0 Å². The van der Waals surface area contributed by atoms with Crippen LogP contribution < -0.4 is 4.90 Å². The van der Waals surface area contributed by atoms with Gasteiger partial charge in [0.25, 0.3) is 0 Å². The number of hydrogen-bond acceptors (Lipinski definition) is 4. The van der Waals surface area contributed by atoms with Crippen molar-refractivity contribution in [2.45, 2.75) is 0 Å². The molecule has 0 atom stereocenters. The molecule has 0 saturated heterocycles. The highest BCUT2D eigenvalue weighted by molar-refractivity contribution is 7.25. The van der Waals surface area contributed by atoms with Crippen LogP contribution in [0, 0.1) is 0 Å². The first kappa shape index (κ1) is 25.8. The third-order valence-corrected chi connectivity index (χ3v) is 9.62. The molecule has 45 heavy (non-hydrogen) atoms. The van der Waals surface area contributed by atoms with Gasteiger partial charge in [-0.15, -0.1) is 11.3 Å². The Hall–Kier alpha value is -5.71. The zero-order valence-electron chi connectivity index (χ0n) is 24.2. The lowest BCUT2D eigenvalue weighted by Crippen LogP contribution is -2.09. The summed E-state index contributed by atoms with van der Waals surface area (Å²) in [6.45, 7) is 0. The number of oxazole rings is 1. The summed E-state index contributed by atoms with van der Waals surface area (Å²) in [5.41, 5.74) is 8.27. The number of anilines is 3. The van der Waals surface area contributed by atoms with Crippen LogP contribution in [0.1, 0.15) is 0 Å². The second-order valence-corrected chi connectivity index (χ2v) is 12.3. The monoisotopic (exact) mass is 594 g/mol. The number of thiophene rings is 1. The number of benzene rings is 7. The Morgan fingerprint density at radius 2 is 1.18 bits per heavy atom. The fourth-order valence-corrected chi connectivity index (χ4v) is 7.43. The molecule has 4 heteroatoms. The molecule has 9 aromatic rings. The topological polar surface area (TPSA) is 29.3 Å². The molecular formula is C41H26N2OS. The van der Waals surface area contributed by atoms with Crippen LogP contribution in [-0.2, 0) is 0 Å². The Labute approximate surface area is 264 Å². The average Bonchev–Trinajstić information content (AvgIpc) is 3.71. The average molecular weight is 595 g/mol. The molecule has 212 valence electrons. The minimum absolute atomic E-state index is 0.622. The van der Waals surface area contributed by atoms with Crippen molar-refractivity contribution in [3.63, 3.8) is 0 Å². The van der Waals surface area contributed by atoms with Crippen LogP contribution in [0.25, 0.3) is 64.6 Å². The lowest BCUT2D eigenvalue weighted by Gasteiger charge is -2.26. The predicted molar refractivity (Wildman–Crippen MR) is 190 cm³/mol. The summed E-state index contributed by atoms with van der Waals surface area (Å²) in [7, 11) is 0. The fourth-order valence-electron chi connectivity index (χ4n) is 6.29. The van der Waals surface area contributed by atoms with Crippen molar-refractivity contribution in [1.29, 1.82) is 0 Å². The molecule has 0 unspecified atom stereocenters. The molecule has 0 spiro atoms. The van der Waals surface area contributed by atoms with E-state index >= 15 is 0 Å². The van der Waals surface area contributed by atoms with E-state index in [0.29, 0.717) is 5.89 Å². The van der Waals surface area contributed by atoms with Gasteiger partial charge in [0, 0.05) is 48.2 Å². The third kappa shape index (κ3) is 4.46. The Kier molecular flexibility index (Phi) is 6.00. The van der Waals surface area contributed by atoms with Gasteiger partial charge in [0.05, 0.1) is 0 Å². The first-order chi connectivity index (χ1) is 22.3. The van der Waals surface area contributed by atoms with Crippen LogP contribution >= 0.6 is 11.3 Å². The molecule has 7 aromatic carbocycles. The summed E-state index contributed by atoms with van der Waals surface area (Å²) >= 11 is 1.84. The molecule has 0 bridgehead atoms. The van der Waals surface area contributed by atoms with E-state index in [1.54, 1.807) is 0 Å². The molecule has 0 aliphatic heterocycles. The lowest BCUT2D eigenvalue weighted by molar-refractivity contribution is 0.620. The molecule has 0 amide bonds. The van der Waals surface area contributed by atoms with Gasteiger partial charge in [-0.05, 0) is 77.2 Å². The number of fused-ring (bicyclic) bond motifs is 6. The van der Waals surface area contributed by atoms with Crippen molar-refractivity contribution in [2.75, 3.05) is 4.90 Å². The Morgan fingerprint density at radius 1 is 0.467 bits per heavy atom. The molecule has 3 nitrogen and oxygen atoms in total. The Morgan fingerprint density at radius 3 is 2.07 bits per heavy atom. The summed E-state index contributed by atoms with van der Waals surface area (Å²) in [6, 6.07) is 55.7. The van der Waals surface area contributed by atoms with Gasteiger partial charge in [-0.25, -0.2) is 4.98 Å². The molecule has 0 saturated carbocycles. The summed E-state index contributed by atoms with van der Waals surface area (Å²) < 4.78 is 8.83. The van der Waals surface area contributed by atoms with Crippen LogP contribution in [0.3, 0.4) is 0 Å². The van der Waals surface area contributed by atoms with Crippen LogP contribution in [-0.4, -0.2) is 4.98 Å². The van der Waals surface area contributed by atoms with E-state index in [2.05, 4.69) is 144 Å². The first-order valence-corrected chi connectivity index (χ1v) is 15.9. The molecule has 0 aliphatic rings. The van der Waals surface area contributed by atoms with Gasteiger partial charge in [0.15, 0.2) is 5.58 Å². The first-order valence-electron chi connectivity index (χ1n) is 15.0. The van der Waals surface area contributed by atoms with E-state index in [0.717, 1.165) is 44.5 Å². The van der Waals surface area contributed by atoms with Crippen molar-refractivity contribution in [3.05, 3.63) is 158 Å². The van der Waals surface area contributed by atoms with Gasteiger partial charge in [-0.2, -0.15) is 0 Å². The molecule has 0 radical (unpaired) electrons. The maximum absolute atomic E-state index is 6.25. The van der Waals surface area contributed by atoms with Crippen LogP contribution in [0.4, 0.5) is 17.1 Å². The minimum Gasteiger partial charge on any atom is -0.436 e. The van der Waals surface area contributed by atoms with E-state index in [1.165, 1.54) is 31.3 Å². The van der Waals surface area contributed by atoms with E-state index in [-0.39, 0.29) is 0 Å². The summed E-state index contributed by atoms with van der Waals surface area (Å²) in [5.74, 6) is 0.622. The van der Waals surface area contributed by atoms with Crippen molar-refractivity contribution in [1.82, 2.24) is 4.98 Å². The highest BCUT2D eigenvalue weighted by Crippen LogP contribution is 2.42. The van der Waals surface area contributed by atoms with Crippen molar-refractivity contribution in [3.8, 4) is 22.6 Å². The summed E-state index contributed by atoms with van der Waals surface area (Å²) in [6.07, 6.45) is 0. The highest BCUT2D eigenvalue weighted by atomic mass is 32.1.